The van der Waals surface area contributed by atoms with Crippen molar-refractivity contribution in [3.8, 4) is 0 Å². The molecule has 0 spiro atoms. The fraction of sp³-hybridized carbons (Fsp3) is 0.200. The maximum atomic E-state index is 12.5. The van der Waals surface area contributed by atoms with Gasteiger partial charge in [-0.15, -0.1) is 0 Å². The Morgan fingerprint density at radius 1 is 0.390 bits per heavy atom. The number of unbranched alkanes of at least 4 members (excludes halogenated alkanes) is 4. The smallest absolute Gasteiger partial charge is 0.224 e. The standard InChI is InChI=1S/C35H34N2O4/c38-32(36-30-22-18-28(19-23-30)34(40)26-12-6-4-7-13-26)16-10-2-1-3-11-17-33(39)37-31-24-20-29(21-25-31)35(41)27-14-8-5-9-15-27/h4-9,12-15,18-25H,1-3,10-11,16-17H2,(H,36,38)(H,37,39). The van der Waals surface area contributed by atoms with Gasteiger partial charge in [-0.1, -0.05) is 79.9 Å². The molecule has 0 atom stereocenters. The van der Waals surface area contributed by atoms with E-state index >= 15 is 0 Å². The highest BCUT2D eigenvalue weighted by atomic mass is 16.2. The third kappa shape index (κ3) is 9.11. The maximum Gasteiger partial charge on any atom is 0.224 e. The molecular formula is C35H34N2O4. The summed E-state index contributed by atoms with van der Waals surface area (Å²) < 4.78 is 0. The second-order valence-electron chi connectivity index (χ2n) is 9.91. The monoisotopic (exact) mass is 546 g/mol. The zero-order chi connectivity index (χ0) is 28.9. The summed E-state index contributed by atoms with van der Waals surface area (Å²) in [6, 6.07) is 32.1. The Morgan fingerprint density at radius 3 is 1.07 bits per heavy atom. The first-order valence-electron chi connectivity index (χ1n) is 14.0. The van der Waals surface area contributed by atoms with E-state index in [4.69, 9.17) is 0 Å². The van der Waals surface area contributed by atoms with E-state index in [2.05, 4.69) is 10.6 Å². The van der Waals surface area contributed by atoms with E-state index in [1.807, 2.05) is 36.4 Å². The molecule has 0 heterocycles. The first-order chi connectivity index (χ1) is 20.0. The first-order valence-corrected chi connectivity index (χ1v) is 14.0. The Bertz CT molecular complexity index is 1340. The van der Waals surface area contributed by atoms with Gasteiger partial charge in [0.2, 0.25) is 11.8 Å². The van der Waals surface area contributed by atoms with Crippen molar-refractivity contribution in [3.63, 3.8) is 0 Å². The van der Waals surface area contributed by atoms with Crippen molar-refractivity contribution in [3.05, 3.63) is 131 Å². The summed E-state index contributed by atoms with van der Waals surface area (Å²) in [7, 11) is 0. The number of carbonyl (C=O) groups excluding carboxylic acids is 4. The fourth-order valence-electron chi connectivity index (χ4n) is 4.47. The van der Waals surface area contributed by atoms with Gasteiger partial charge in [0.15, 0.2) is 11.6 Å². The number of ketones is 2. The molecule has 0 radical (unpaired) electrons. The predicted octanol–water partition coefficient (Wildman–Crippen LogP) is 7.46. The average molecular weight is 547 g/mol. The van der Waals surface area contributed by atoms with Crippen LogP contribution >= 0.6 is 0 Å². The lowest BCUT2D eigenvalue weighted by Gasteiger charge is -2.07. The summed E-state index contributed by atoms with van der Waals surface area (Å²) in [6.45, 7) is 0. The number of hydrogen-bond acceptors (Lipinski definition) is 4. The van der Waals surface area contributed by atoms with Crippen molar-refractivity contribution in [2.45, 2.75) is 44.9 Å². The van der Waals surface area contributed by atoms with E-state index < -0.39 is 0 Å². The van der Waals surface area contributed by atoms with Crippen LogP contribution < -0.4 is 10.6 Å². The largest absolute Gasteiger partial charge is 0.326 e. The summed E-state index contributed by atoms with van der Waals surface area (Å²) in [6.07, 6.45) is 5.18. The lowest BCUT2D eigenvalue weighted by molar-refractivity contribution is -0.117. The Labute approximate surface area is 240 Å². The van der Waals surface area contributed by atoms with Crippen LogP contribution in [0.5, 0.6) is 0 Å². The van der Waals surface area contributed by atoms with Crippen molar-refractivity contribution >= 4 is 34.8 Å². The molecule has 2 N–H and O–H groups in total. The Morgan fingerprint density at radius 2 is 0.707 bits per heavy atom. The third-order valence-electron chi connectivity index (χ3n) is 6.74. The van der Waals surface area contributed by atoms with Crippen LogP contribution in [-0.4, -0.2) is 23.4 Å². The van der Waals surface area contributed by atoms with E-state index in [9.17, 15) is 19.2 Å². The minimum atomic E-state index is -0.0528. The zero-order valence-corrected chi connectivity index (χ0v) is 23.0. The SMILES string of the molecule is O=C(CCCCCCCC(=O)Nc1ccc(C(=O)c2ccccc2)cc1)Nc1ccc(C(=O)c2ccccc2)cc1. The van der Waals surface area contributed by atoms with Gasteiger partial charge in [-0.25, -0.2) is 0 Å². The molecule has 0 unspecified atom stereocenters. The van der Waals surface area contributed by atoms with Gasteiger partial charge >= 0.3 is 0 Å². The van der Waals surface area contributed by atoms with Gasteiger partial charge in [-0.2, -0.15) is 0 Å². The van der Waals surface area contributed by atoms with Gasteiger partial charge in [-0.05, 0) is 61.4 Å². The molecule has 0 aliphatic carbocycles. The lowest BCUT2D eigenvalue weighted by atomic mass is 10.0. The molecule has 208 valence electrons. The van der Waals surface area contributed by atoms with Crippen LogP contribution in [0.2, 0.25) is 0 Å². The van der Waals surface area contributed by atoms with E-state index in [1.54, 1.807) is 72.8 Å². The Hall–Kier alpha value is -4.84. The molecule has 0 aliphatic rings. The molecule has 41 heavy (non-hydrogen) atoms. The van der Waals surface area contributed by atoms with Gasteiger partial charge in [0.05, 0.1) is 0 Å². The number of nitrogens with one attached hydrogen (secondary N) is 2. The van der Waals surface area contributed by atoms with Crippen molar-refractivity contribution in [2.75, 3.05) is 10.6 Å². The van der Waals surface area contributed by atoms with Crippen molar-refractivity contribution in [2.24, 2.45) is 0 Å². The van der Waals surface area contributed by atoms with Gasteiger partial charge < -0.3 is 10.6 Å². The van der Waals surface area contributed by atoms with Gasteiger partial charge in [0.25, 0.3) is 0 Å². The van der Waals surface area contributed by atoms with Gasteiger partial charge in [0.1, 0.15) is 0 Å². The van der Waals surface area contributed by atoms with Crippen molar-refractivity contribution in [1.82, 2.24) is 0 Å². The fourth-order valence-corrected chi connectivity index (χ4v) is 4.47. The maximum absolute atomic E-state index is 12.5. The molecular weight excluding hydrogens is 512 g/mol. The number of anilines is 2. The molecule has 0 saturated heterocycles. The molecule has 6 heteroatoms. The Balaban J connectivity index is 1.07. The third-order valence-corrected chi connectivity index (χ3v) is 6.74. The normalized spacial score (nSPS) is 10.5. The van der Waals surface area contributed by atoms with Crippen LogP contribution in [0.3, 0.4) is 0 Å². The number of carbonyl (C=O) groups is 4. The molecule has 4 aromatic rings. The number of benzene rings is 4. The quantitative estimate of drug-likeness (QED) is 0.127. The summed E-state index contributed by atoms with van der Waals surface area (Å²) in [5, 5.41) is 5.77. The molecule has 2 amide bonds. The van der Waals surface area contributed by atoms with Gasteiger partial charge in [0, 0.05) is 46.5 Å². The van der Waals surface area contributed by atoms with E-state index in [0.29, 0.717) is 46.5 Å². The van der Waals surface area contributed by atoms with Crippen LogP contribution in [0.15, 0.2) is 109 Å². The van der Waals surface area contributed by atoms with Crippen LogP contribution in [0, 0.1) is 0 Å². The topological polar surface area (TPSA) is 92.3 Å². The van der Waals surface area contributed by atoms with Crippen LogP contribution in [0.1, 0.15) is 76.8 Å². The molecule has 0 fully saturated rings. The Kier molecular flexibility index (Phi) is 10.7. The minimum Gasteiger partial charge on any atom is -0.326 e. The molecule has 0 bridgehead atoms. The second kappa shape index (κ2) is 15.1. The van der Waals surface area contributed by atoms with E-state index in [-0.39, 0.29) is 23.4 Å². The number of rotatable bonds is 14. The van der Waals surface area contributed by atoms with E-state index in [0.717, 1.165) is 32.1 Å². The molecule has 6 nitrogen and oxygen atoms in total. The minimum absolute atomic E-state index is 0.0492. The summed E-state index contributed by atoms with van der Waals surface area (Å²) in [4.78, 5) is 49.6. The molecule has 0 aromatic heterocycles. The lowest BCUT2D eigenvalue weighted by Crippen LogP contribution is -2.11. The molecule has 0 saturated carbocycles. The second-order valence-corrected chi connectivity index (χ2v) is 9.91. The first kappa shape index (κ1) is 29.2. The molecule has 4 aromatic carbocycles. The summed E-state index contributed by atoms with van der Waals surface area (Å²) in [5.41, 5.74) is 3.76. The average Bonchev–Trinajstić information content (AvgIpc) is 3.01. The highest BCUT2D eigenvalue weighted by molar-refractivity contribution is 6.09. The summed E-state index contributed by atoms with van der Waals surface area (Å²) in [5.74, 6) is -0.204. The van der Waals surface area contributed by atoms with Crippen LogP contribution in [-0.2, 0) is 9.59 Å². The van der Waals surface area contributed by atoms with Crippen LogP contribution in [0.25, 0.3) is 0 Å². The molecule has 4 rings (SSSR count). The highest BCUT2D eigenvalue weighted by Gasteiger charge is 2.10. The van der Waals surface area contributed by atoms with Crippen molar-refractivity contribution < 1.29 is 19.2 Å². The predicted molar refractivity (Wildman–Crippen MR) is 162 cm³/mol. The van der Waals surface area contributed by atoms with E-state index in [1.165, 1.54) is 0 Å². The highest BCUT2D eigenvalue weighted by Crippen LogP contribution is 2.17. The zero-order valence-electron chi connectivity index (χ0n) is 23.0. The molecule has 0 aliphatic heterocycles. The summed E-state index contributed by atoms with van der Waals surface area (Å²) >= 11 is 0. The number of hydrogen-bond donors (Lipinski definition) is 2. The van der Waals surface area contributed by atoms with Gasteiger partial charge in [-0.3, -0.25) is 19.2 Å². The van der Waals surface area contributed by atoms with Crippen molar-refractivity contribution in [1.29, 1.82) is 0 Å². The van der Waals surface area contributed by atoms with Crippen LogP contribution in [0.4, 0.5) is 11.4 Å². The number of amides is 2.